The van der Waals surface area contributed by atoms with E-state index in [1.807, 2.05) is 62.5 Å². The molecule has 5 nitrogen and oxygen atoms in total. The van der Waals surface area contributed by atoms with Crippen molar-refractivity contribution in [1.82, 2.24) is 20.1 Å². The zero-order chi connectivity index (χ0) is 18.0. The van der Waals surface area contributed by atoms with Crippen LogP contribution < -0.4 is 5.32 Å². The van der Waals surface area contributed by atoms with E-state index in [1.54, 1.807) is 15.9 Å². The van der Waals surface area contributed by atoms with E-state index in [-0.39, 0.29) is 11.9 Å². The van der Waals surface area contributed by atoms with Crippen LogP contribution in [0.3, 0.4) is 0 Å². The number of thiophene rings is 1. The average Bonchev–Trinajstić information content (AvgIpc) is 3.23. The Morgan fingerprint density at radius 1 is 1.28 bits per heavy atom. The normalized spacial score (nSPS) is 13.4. The summed E-state index contributed by atoms with van der Waals surface area (Å²) in [5.74, 6) is 0.595. The van der Waals surface area contributed by atoms with E-state index in [1.165, 1.54) is 0 Å². The Balaban J connectivity index is 1.83. The molecular formula is C18H20N4OS2. The molecule has 0 saturated carbocycles. The number of benzene rings is 1. The molecule has 0 saturated heterocycles. The Morgan fingerprint density at radius 2 is 2.04 bits per heavy atom. The summed E-state index contributed by atoms with van der Waals surface area (Å²) >= 11 is 6.90. The van der Waals surface area contributed by atoms with Gasteiger partial charge in [-0.3, -0.25) is 14.5 Å². The first-order valence-corrected chi connectivity index (χ1v) is 9.34. The smallest absolute Gasteiger partial charge is 0.243 e. The fourth-order valence-corrected chi connectivity index (χ4v) is 3.85. The van der Waals surface area contributed by atoms with Gasteiger partial charge in [-0.15, -0.1) is 11.3 Å². The van der Waals surface area contributed by atoms with Gasteiger partial charge in [0.1, 0.15) is 6.04 Å². The molecule has 0 bridgehead atoms. The second-order valence-corrected chi connectivity index (χ2v) is 7.30. The molecule has 3 rings (SSSR count). The first-order valence-electron chi connectivity index (χ1n) is 8.05. The summed E-state index contributed by atoms with van der Waals surface area (Å²) in [7, 11) is 0. The Kier molecular flexibility index (Phi) is 5.15. The number of carbonyl (C=O) groups is 1. The van der Waals surface area contributed by atoms with E-state index < -0.39 is 6.04 Å². The van der Waals surface area contributed by atoms with Crippen molar-refractivity contribution >= 4 is 29.5 Å². The lowest BCUT2D eigenvalue weighted by molar-refractivity contribution is -0.124. The highest BCUT2D eigenvalue weighted by molar-refractivity contribution is 7.71. The Morgan fingerprint density at radius 3 is 2.72 bits per heavy atom. The molecule has 0 spiro atoms. The molecule has 0 unspecified atom stereocenters. The van der Waals surface area contributed by atoms with Crippen molar-refractivity contribution in [3.8, 4) is 10.7 Å². The number of hydrogen-bond acceptors (Lipinski definition) is 4. The van der Waals surface area contributed by atoms with E-state index in [4.69, 9.17) is 12.2 Å². The summed E-state index contributed by atoms with van der Waals surface area (Å²) < 4.78 is 2.20. The van der Waals surface area contributed by atoms with Gasteiger partial charge in [0.15, 0.2) is 10.6 Å². The maximum atomic E-state index is 12.8. The SMILES string of the molecule is Cc1ccccc1[C@@H](C)NC(=O)[C@@H](C)n1c(-c2cccs2)n[nH]c1=S. The number of amides is 1. The molecule has 7 heteroatoms. The third-order valence-electron chi connectivity index (χ3n) is 4.23. The molecule has 0 fully saturated rings. The Hall–Kier alpha value is -2.25. The molecule has 0 aliphatic carbocycles. The lowest BCUT2D eigenvalue weighted by atomic mass is 10.0. The molecule has 0 aliphatic heterocycles. The Labute approximate surface area is 155 Å². The molecule has 0 aliphatic rings. The van der Waals surface area contributed by atoms with E-state index in [0.29, 0.717) is 10.6 Å². The van der Waals surface area contributed by atoms with Gasteiger partial charge >= 0.3 is 0 Å². The third kappa shape index (κ3) is 3.57. The van der Waals surface area contributed by atoms with Crippen LogP contribution in [0, 0.1) is 11.7 Å². The van der Waals surface area contributed by atoms with Gasteiger partial charge in [0.25, 0.3) is 0 Å². The second-order valence-electron chi connectivity index (χ2n) is 5.96. The quantitative estimate of drug-likeness (QED) is 0.652. The standard InChI is InChI=1S/C18H20N4OS2/c1-11-7-4-5-8-14(11)12(2)19-17(23)13(3)22-16(20-21-18(22)24)15-9-6-10-25-15/h4-10,12-13H,1-3H3,(H,19,23)(H,21,24)/t12-,13-/m1/s1. The zero-order valence-corrected chi connectivity index (χ0v) is 15.9. The second kappa shape index (κ2) is 7.33. The van der Waals surface area contributed by atoms with E-state index >= 15 is 0 Å². The number of nitrogens with one attached hydrogen (secondary N) is 2. The maximum Gasteiger partial charge on any atom is 0.243 e. The van der Waals surface area contributed by atoms with Gasteiger partial charge in [-0.25, -0.2) is 0 Å². The van der Waals surface area contributed by atoms with Crippen LogP contribution in [-0.4, -0.2) is 20.7 Å². The molecule has 3 aromatic rings. The Bertz CT molecular complexity index is 927. The van der Waals surface area contributed by atoms with E-state index in [0.717, 1.165) is 16.0 Å². The van der Waals surface area contributed by atoms with Crippen molar-refractivity contribution in [3.05, 3.63) is 57.7 Å². The first kappa shape index (κ1) is 17.6. The number of hydrogen-bond donors (Lipinski definition) is 2. The number of aromatic amines is 1. The van der Waals surface area contributed by atoms with Gasteiger partial charge in [-0.1, -0.05) is 30.3 Å². The number of carbonyl (C=O) groups excluding carboxylic acids is 1. The summed E-state index contributed by atoms with van der Waals surface area (Å²) in [6, 6.07) is 11.4. The third-order valence-corrected chi connectivity index (χ3v) is 5.38. The van der Waals surface area contributed by atoms with E-state index in [9.17, 15) is 4.79 Å². The molecule has 25 heavy (non-hydrogen) atoms. The van der Waals surface area contributed by atoms with Crippen molar-refractivity contribution in [2.45, 2.75) is 32.9 Å². The molecule has 2 aromatic heterocycles. The highest BCUT2D eigenvalue weighted by atomic mass is 32.1. The van der Waals surface area contributed by atoms with Crippen LogP contribution in [0.1, 0.15) is 37.1 Å². The monoisotopic (exact) mass is 372 g/mol. The zero-order valence-electron chi connectivity index (χ0n) is 14.3. The van der Waals surface area contributed by atoms with Crippen LogP contribution in [0.5, 0.6) is 0 Å². The number of nitrogens with zero attached hydrogens (tertiary/aromatic N) is 2. The number of aryl methyl sites for hydroxylation is 1. The van der Waals surface area contributed by atoms with Crippen molar-refractivity contribution in [3.63, 3.8) is 0 Å². The fourth-order valence-electron chi connectivity index (χ4n) is 2.85. The van der Waals surface area contributed by atoms with Gasteiger partial charge in [0, 0.05) is 0 Å². The van der Waals surface area contributed by atoms with Crippen LogP contribution in [0.4, 0.5) is 0 Å². The van der Waals surface area contributed by atoms with Gasteiger partial charge in [-0.2, -0.15) is 5.10 Å². The fraction of sp³-hybridized carbons (Fsp3) is 0.278. The minimum absolute atomic E-state index is 0.0811. The first-order chi connectivity index (χ1) is 12.0. The predicted octanol–water partition coefficient (Wildman–Crippen LogP) is 4.42. The molecule has 0 radical (unpaired) electrons. The van der Waals surface area contributed by atoms with Crippen LogP contribution in [0.2, 0.25) is 0 Å². The number of aromatic nitrogens is 3. The lowest BCUT2D eigenvalue weighted by Gasteiger charge is -2.20. The molecule has 1 aromatic carbocycles. The lowest BCUT2D eigenvalue weighted by Crippen LogP contribution is -2.33. The van der Waals surface area contributed by atoms with Gasteiger partial charge in [0.05, 0.1) is 10.9 Å². The maximum absolute atomic E-state index is 12.8. The van der Waals surface area contributed by atoms with Crippen molar-refractivity contribution < 1.29 is 4.79 Å². The van der Waals surface area contributed by atoms with Gasteiger partial charge in [0.2, 0.25) is 5.91 Å². The van der Waals surface area contributed by atoms with Crippen LogP contribution in [0.25, 0.3) is 10.7 Å². The minimum Gasteiger partial charge on any atom is -0.348 e. The van der Waals surface area contributed by atoms with Crippen molar-refractivity contribution in [1.29, 1.82) is 0 Å². The average molecular weight is 373 g/mol. The van der Waals surface area contributed by atoms with Gasteiger partial charge in [-0.05, 0) is 55.6 Å². The summed E-state index contributed by atoms with van der Waals surface area (Å²) in [4.78, 5) is 13.8. The van der Waals surface area contributed by atoms with Crippen molar-refractivity contribution in [2.75, 3.05) is 0 Å². The number of H-pyrrole nitrogens is 1. The highest BCUT2D eigenvalue weighted by Crippen LogP contribution is 2.26. The van der Waals surface area contributed by atoms with Gasteiger partial charge < -0.3 is 5.32 Å². The molecule has 2 atom stereocenters. The van der Waals surface area contributed by atoms with E-state index in [2.05, 4.69) is 15.5 Å². The summed E-state index contributed by atoms with van der Waals surface area (Å²) in [6.45, 7) is 5.87. The van der Waals surface area contributed by atoms with Crippen LogP contribution in [0.15, 0.2) is 41.8 Å². The topological polar surface area (TPSA) is 62.7 Å². The van der Waals surface area contributed by atoms with Crippen LogP contribution >= 0.6 is 23.6 Å². The van der Waals surface area contributed by atoms with Crippen LogP contribution in [-0.2, 0) is 4.79 Å². The summed E-state index contributed by atoms with van der Waals surface area (Å²) in [6.07, 6.45) is 0. The predicted molar refractivity (Wildman–Crippen MR) is 103 cm³/mol. The highest BCUT2D eigenvalue weighted by Gasteiger charge is 2.23. The number of rotatable bonds is 5. The molecule has 2 N–H and O–H groups in total. The van der Waals surface area contributed by atoms with Crippen molar-refractivity contribution in [2.24, 2.45) is 0 Å². The molecular weight excluding hydrogens is 352 g/mol. The molecule has 2 heterocycles. The summed E-state index contributed by atoms with van der Waals surface area (Å²) in [5.41, 5.74) is 2.26. The molecule has 1 amide bonds. The molecule has 130 valence electrons. The summed E-state index contributed by atoms with van der Waals surface area (Å²) in [5, 5.41) is 12.1. The largest absolute Gasteiger partial charge is 0.348 e. The minimum atomic E-state index is -0.463.